The maximum atomic E-state index is 6.15. The van der Waals surface area contributed by atoms with Crippen LogP contribution in [0.1, 0.15) is 12.2 Å². The van der Waals surface area contributed by atoms with E-state index in [9.17, 15) is 0 Å². The molecule has 1 unspecified atom stereocenters. The summed E-state index contributed by atoms with van der Waals surface area (Å²) in [7, 11) is 0. The van der Waals surface area contributed by atoms with Crippen molar-refractivity contribution in [2.75, 3.05) is 13.1 Å². The van der Waals surface area contributed by atoms with Gasteiger partial charge in [-0.25, -0.2) is 4.98 Å². The summed E-state index contributed by atoms with van der Waals surface area (Å²) in [6, 6.07) is 3.99. The zero-order valence-electron chi connectivity index (χ0n) is 9.29. The number of hydrogen-bond acceptors (Lipinski definition) is 2. The molecule has 0 saturated carbocycles. The van der Waals surface area contributed by atoms with Gasteiger partial charge in [0.25, 0.3) is 0 Å². The predicted octanol–water partition coefficient (Wildman–Crippen LogP) is 2.90. The van der Waals surface area contributed by atoms with Gasteiger partial charge < -0.3 is 9.72 Å². The van der Waals surface area contributed by atoms with E-state index in [-0.39, 0.29) is 0 Å². The van der Waals surface area contributed by atoms with Gasteiger partial charge in [0.05, 0.1) is 5.52 Å². The van der Waals surface area contributed by atoms with E-state index in [2.05, 4.69) is 30.6 Å². The number of nitrogens with one attached hydrogen (secondary N) is 1. The Bertz CT molecular complexity index is 546. The first-order valence-corrected chi connectivity index (χ1v) is 6.94. The minimum absolute atomic E-state index is 0.596. The summed E-state index contributed by atoms with van der Waals surface area (Å²) in [5.41, 5.74) is 0.982. The van der Waals surface area contributed by atoms with Crippen LogP contribution in [0.2, 0.25) is 5.15 Å². The van der Waals surface area contributed by atoms with Gasteiger partial charge in [0.2, 0.25) is 0 Å². The van der Waals surface area contributed by atoms with Gasteiger partial charge in [0.1, 0.15) is 5.82 Å². The second-order valence-electron chi connectivity index (χ2n) is 4.48. The summed E-state index contributed by atoms with van der Waals surface area (Å²) in [4.78, 5) is 4.47. The number of fused-ring (bicyclic) bond motifs is 1. The maximum absolute atomic E-state index is 6.15. The summed E-state index contributed by atoms with van der Waals surface area (Å²) in [6.07, 6.45) is 4.24. The summed E-state index contributed by atoms with van der Waals surface area (Å²) < 4.78 is 3.13. The average molecular weight is 315 g/mol. The molecule has 1 atom stereocenters. The average Bonchev–Trinajstić information content (AvgIpc) is 2.89. The van der Waals surface area contributed by atoms with Crippen LogP contribution in [-0.4, -0.2) is 22.5 Å². The molecule has 0 aliphatic carbocycles. The van der Waals surface area contributed by atoms with Crippen LogP contribution in [0.3, 0.4) is 0 Å². The van der Waals surface area contributed by atoms with Gasteiger partial charge in [-0.05, 0) is 53.5 Å². The van der Waals surface area contributed by atoms with E-state index in [4.69, 9.17) is 11.6 Å². The zero-order chi connectivity index (χ0) is 11.8. The van der Waals surface area contributed by atoms with Crippen molar-refractivity contribution in [1.82, 2.24) is 14.7 Å². The van der Waals surface area contributed by atoms with E-state index in [1.807, 2.05) is 18.3 Å². The quantitative estimate of drug-likeness (QED) is 0.923. The largest absolute Gasteiger partial charge is 0.316 e. The molecule has 3 nitrogen and oxygen atoms in total. The van der Waals surface area contributed by atoms with Gasteiger partial charge in [-0.1, -0.05) is 11.6 Å². The molecule has 0 radical (unpaired) electrons. The van der Waals surface area contributed by atoms with Gasteiger partial charge in [-0.15, -0.1) is 0 Å². The second-order valence-corrected chi connectivity index (χ2v) is 5.76. The van der Waals surface area contributed by atoms with E-state index >= 15 is 0 Å². The Kier molecular flexibility index (Phi) is 3.11. The van der Waals surface area contributed by atoms with Crippen LogP contribution in [0.25, 0.3) is 5.52 Å². The summed E-state index contributed by atoms with van der Waals surface area (Å²) in [6.45, 7) is 2.20. The Labute approximate surface area is 113 Å². The molecule has 5 heteroatoms. The van der Waals surface area contributed by atoms with E-state index in [0.29, 0.717) is 11.1 Å². The van der Waals surface area contributed by atoms with Crippen molar-refractivity contribution < 1.29 is 0 Å². The lowest BCUT2D eigenvalue weighted by Gasteiger charge is -2.07. The highest BCUT2D eigenvalue weighted by Crippen LogP contribution is 2.23. The summed E-state index contributed by atoms with van der Waals surface area (Å²) in [5.74, 6) is 1.73. The van der Waals surface area contributed by atoms with Crippen molar-refractivity contribution >= 4 is 33.0 Å². The maximum Gasteiger partial charge on any atom is 0.155 e. The first-order valence-electron chi connectivity index (χ1n) is 5.77. The lowest BCUT2D eigenvalue weighted by Crippen LogP contribution is -2.12. The number of rotatable bonds is 2. The molecule has 0 amide bonds. The minimum Gasteiger partial charge on any atom is -0.316 e. The topological polar surface area (TPSA) is 29.3 Å². The SMILES string of the molecule is Clc1nc(CC2CCNC2)n2cc(Br)ccc12. The lowest BCUT2D eigenvalue weighted by atomic mass is 10.1. The van der Waals surface area contributed by atoms with Crippen LogP contribution >= 0.6 is 27.5 Å². The Hall–Kier alpha value is -0.580. The molecule has 1 saturated heterocycles. The third-order valence-corrected chi connectivity index (χ3v) is 4.01. The number of halogens is 2. The Morgan fingerprint density at radius 2 is 2.41 bits per heavy atom. The molecule has 17 heavy (non-hydrogen) atoms. The fourth-order valence-electron chi connectivity index (χ4n) is 2.37. The number of aromatic nitrogens is 2. The number of nitrogens with zero attached hydrogens (tertiary/aromatic N) is 2. The summed E-state index contributed by atoms with van der Waals surface area (Å²) >= 11 is 9.64. The summed E-state index contributed by atoms with van der Waals surface area (Å²) in [5, 5.41) is 3.98. The van der Waals surface area contributed by atoms with Crippen LogP contribution in [0.4, 0.5) is 0 Å². The molecule has 1 aliphatic rings. The van der Waals surface area contributed by atoms with Crippen molar-refractivity contribution in [3.8, 4) is 0 Å². The standard InChI is InChI=1S/C12H13BrClN3/c13-9-1-2-10-12(14)16-11(17(10)7-9)5-8-3-4-15-6-8/h1-2,7-8,15H,3-6H2. The molecular formula is C12H13BrClN3. The third-order valence-electron chi connectivity index (χ3n) is 3.26. The highest BCUT2D eigenvalue weighted by molar-refractivity contribution is 9.10. The molecule has 90 valence electrons. The molecule has 1 fully saturated rings. The number of imidazole rings is 1. The molecule has 1 N–H and O–H groups in total. The van der Waals surface area contributed by atoms with Crippen LogP contribution in [0.15, 0.2) is 22.8 Å². The van der Waals surface area contributed by atoms with E-state index in [1.54, 1.807) is 0 Å². The highest BCUT2D eigenvalue weighted by Gasteiger charge is 2.18. The molecular weight excluding hydrogens is 302 g/mol. The second kappa shape index (κ2) is 4.59. The minimum atomic E-state index is 0.596. The van der Waals surface area contributed by atoms with Crippen LogP contribution in [-0.2, 0) is 6.42 Å². The first kappa shape index (κ1) is 11.5. The van der Waals surface area contributed by atoms with Gasteiger partial charge in [-0.3, -0.25) is 0 Å². The van der Waals surface area contributed by atoms with Crippen molar-refractivity contribution in [3.05, 3.63) is 33.8 Å². The molecule has 0 spiro atoms. The van der Waals surface area contributed by atoms with Gasteiger partial charge in [-0.2, -0.15) is 0 Å². The van der Waals surface area contributed by atoms with E-state index in [1.165, 1.54) is 6.42 Å². The van der Waals surface area contributed by atoms with Crippen molar-refractivity contribution in [3.63, 3.8) is 0 Å². The van der Waals surface area contributed by atoms with Crippen LogP contribution in [0.5, 0.6) is 0 Å². The smallest absolute Gasteiger partial charge is 0.155 e. The van der Waals surface area contributed by atoms with E-state index in [0.717, 1.165) is 35.3 Å². The first-order chi connectivity index (χ1) is 8.24. The van der Waals surface area contributed by atoms with Gasteiger partial charge >= 0.3 is 0 Å². The predicted molar refractivity (Wildman–Crippen MR) is 72.6 cm³/mol. The van der Waals surface area contributed by atoms with E-state index < -0.39 is 0 Å². The number of pyridine rings is 1. The van der Waals surface area contributed by atoms with Gasteiger partial charge in [0, 0.05) is 17.1 Å². The molecule has 3 heterocycles. The molecule has 2 aromatic heterocycles. The highest BCUT2D eigenvalue weighted by atomic mass is 79.9. The van der Waals surface area contributed by atoms with Crippen LogP contribution in [0, 0.1) is 5.92 Å². The Morgan fingerprint density at radius 1 is 1.53 bits per heavy atom. The lowest BCUT2D eigenvalue weighted by molar-refractivity contribution is 0.560. The van der Waals surface area contributed by atoms with Crippen molar-refractivity contribution in [1.29, 1.82) is 0 Å². The fourth-order valence-corrected chi connectivity index (χ4v) is 2.96. The monoisotopic (exact) mass is 313 g/mol. The zero-order valence-corrected chi connectivity index (χ0v) is 11.6. The van der Waals surface area contributed by atoms with Gasteiger partial charge in [0.15, 0.2) is 5.15 Å². The molecule has 2 aromatic rings. The molecule has 0 aromatic carbocycles. The molecule has 3 rings (SSSR count). The van der Waals surface area contributed by atoms with Crippen molar-refractivity contribution in [2.45, 2.75) is 12.8 Å². The third kappa shape index (κ3) is 2.21. The fraction of sp³-hybridized carbons (Fsp3) is 0.417. The molecule has 0 bridgehead atoms. The van der Waals surface area contributed by atoms with Crippen LogP contribution < -0.4 is 5.32 Å². The number of hydrogen-bond donors (Lipinski definition) is 1. The molecule has 1 aliphatic heterocycles. The van der Waals surface area contributed by atoms with Crippen molar-refractivity contribution in [2.24, 2.45) is 5.92 Å². The normalized spacial score (nSPS) is 20.2. The Balaban J connectivity index is 2.00. The Morgan fingerprint density at radius 3 is 3.18 bits per heavy atom.